The van der Waals surface area contributed by atoms with Crippen molar-refractivity contribution in [3.05, 3.63) is 22.8 Å². The minimum absolute atomic E-state index is 0. The van der Waals surface area contributed by atoms with Crippen LogP contribution in [0.5, 0.6) is 0 Å². The van der Waals surface area contributed by atoms with Gasteiger partial charge in [0.2, 0.25) is 0 Å². The van der Waals surface area contributed by atoms with E-state index in [4.69, 9.17) is 11.6 Å². The summed E-state index contributed by atoms with van der Waals surface area (Å²) in [5, 5.41) is 0. The molecular weight excluding hydrogens is 203 g/mol. The average molecular weight is 207 g/mol. The second kappa shape index (κ2) is 3.34. The van der Waals surface area contributed by atoms with Crippen LogP contribution in [-0.4, -0.2) is 9.97 Å². The first kappa shape index (κ1) is 8.71. The summed E-state index contributed by atoms with van der Waals surface area (Å²) in [6.45, 7) is 0. The molecule has 0 aliphatic heterocycles. The summed E-state index contributed by atoms with van der Waals surface area (Å²) in [5.41, 5.74) is 0.873. The second-order valence-corrected chi connectivity index (χ2v) is 3.35. The van der Waals surface area contributed by atoms with Crippen molar-refractivity contribution in [1.82, 2.24) is 9.97 Å². The maximum absolute atomic E-state index is 5.65. The highest BCUT2D eigenvalue weighted by molar-refractivity contribution is 7.21. The van der Waals surface area contributed by atoms with E-state index in [-0.39, 0.29) is 12.4 Å². The number of nitrogens with zero attached hydrogens (tertiary/aromatic N) is 2. The highest BCUT2D eigenvalue weighted by Gasteiger charge is 1.98. The van der Waals surface area contributed by atoms with Crippen molar-refractivity contribution < 1.29 is 0 Å². The summed E-state index contributed by atoms with van der Waals surface area (Å²) >= 11 is 7.05. The van der Waals surface area contributed by atoms with Crippen molar-refractivity contribution in [2.75, 3.05) is 0 Å². The first-order valence-electron chi connectivity index (χ1n) is 2.73. The lowest BCUT2D eigenvalue weighted by molar-refractivity contribution is 1.41. The Morgan fingerprint density at radius 3 is 3.00 bits per heavy atom. The molecule has 2 nitrogen and oxygen atoms in total. The van der Waals surface area contributed by atoms with Gasteiger partial charge in [-0.3, -0.25) is 0 Å². The van der Waals surface area contributed by atoms with E-state index in [0.717, 1.165) is 10.3 Å². The molecule has 0 saturated carbocycles. The fourth-order valence-corrected chi connectivity index (χ4v) is 1.69. The third kappa shape index (κ3) is 1.61. The fourth-order valence-electron chi connectivity index (χ4n) is 0.743. The number of thiazole rings is 1. The van der Waals surface area contributed by atoms with Gasteiger partial charge in [0, 0.05) is 6.20 Å². The van der Waals surface area contributed by atoms with E-state index >= 15 is 0 Å². The van der Waals surface area contributed by atoms with E-state index in [1.54, 1.807) is 6.20 Å². The molecule has 0 aliphatic carbocycles. The van der Waals surface area contributed by atoms with Crippen molar-refractivity contribution >= 4 is 45.7 Å². The van der Waals surface area contributed by atoms with Gasteiger partial charge in [-0.25, -0.2) is 9.97 Å². The minimum atomic E-state index is 0. The number of fused-ring (bicyclic) bond motifs is 1. The van der Waals surface area contributed by atoms with E-state index in [2.05, 4.69) is 9.97 Å². The Morgan fingerprint density at radius 2 is 2.27 bits per heavy atom. The Kier molecular flexibility index (Phi) is 2.65. The number of aromatic nitrogens is 2. The quantitative estimate of drug-likeness (QED) is 0.663. The average Bonchev–Trinajstić information content (AvgIpc) is 2.27. The van der Waals surface area contributed by atoms with Gasteiger partial charge in [-0.05, 0) is 12.1 Å². The van der Waals surface area contributed by atoms with Crippen LogP contribution >= 0.6 is 35.3 Å². The SMILES string of the molecule is Cl.Clc1nc2cccnc2s1. The molecule has 2 rings (SSSR count). The van der Waals surface area contributed by atoms with Gasteiger partial charge in [0.05, 0.1) is 0 Å². The van der Waals surface area contributed by atoms with E-state index in [1.165, 1.54) is 11.3 Å². The normalized spacial score (nSPS) is 9.55. The number of hydrogen-bond acceptors (Lipinski definition) is 3. The number of rotatable bonds is 0. The molecule has 0 fully saturated rings. The molecule has 0 amide bonds. The summed E-state index contributed by atoms with van der Waals surface area (Å²) in [6, 6.07) is 3.74. The minimum Gasteiger partial charge on any atom is -0.244 e. The van der Waals surface area contributed by atoms with Crippen LogP contribution in [0.25, 0.3) is 10.3 Å². The van der Waals surface area contributed by atoms with Crippen LogP contribution in [0.3, 0.4) is 0 Å². The molecule has 0 aromatic carbocycles. The highest BCUT2D eigenvalue weighted by Crippen LogP contribution is 2.22. The van der Waals surface area contributed by atoms with Gasteiger partial charge in [0.15, 0.2) is 4.47 Å². The predicted octanol–water partition coefficient (Wildman–Crippen LogP) is 2.77. The van der Waals surface area contributed by atoms with Crippen molar-refractivity contribution in [1.29, 1.82) is 0 Å². The van der Waals surface area contributed by atoms with Crippen LogP contribution in [0.2, 0.25) is 4.47 Å². The van der Waals surface area contributed by atoms with Gasteiger partial charge < -0.3 is 0 Å². The van der Waals surface area contributed by atoms with Crippen molar-refractivity contribution in [3.63, 3.8) is 0 Å². The van der Waals surface area contributed by atoms with E-state index in [1.807, 2.05) is 12.1 Å². The topological polar surface area (TPSA) is 25.8 Å². The van der Waals surface area contributed by atoms with Gasteiger partial charge in [-0.15, -0.1) is 12.4 Å². The monoisotopic (exact) mass is 206 g/mol. The van der Waals surface area contributed by atoms with Gasteiger partial charge in [0.1, 0.15) is 10.3 Å². The molecule has 0 saturated heterocycles. The molecule has 0 aliphatic rings. The van der Waals surface area contributed by atoms with Crippen molar-refractivity contribution in [3.8, 4) is 0 Å². The fraction of sp³-hybridized carbons (Fsp3) is 0. The van der Waals surface area contributed by atoms with Crippen LogP contribution in [0, 0.1) is 0 Å². The number of halogens is 2. The van der Waals surface area contributed by atoms with Crippen molar-refractivity contribution in [2.24, 2.45) is 0 Å². The van der Waals surface area contributed by atoms with Crippen LogP contribution < -0.4 is 0 Å². The largest absolute Gasteiger partial charge is 0.244 e. The Labute approximate surface area is 78.6 Å². The second-order valence-electron chi connectivity index (χ2n) is 1.79. The molecule has 0 N–H and O–H groups in total. The lowest BCUT2D eigenvalue weighted by Gasteiger charge is -1.79. The summed E-state index contributed by atoms with van der Waals surface area (Å²) < 4.78 is 0.550. The van der Waals surface area contributed by atoms with Crippen LogP contribution in [0.4, 0.5) is 0 Å². The first-order valence-corrected chi connectivity index (χ1v) is 3.93. The molecule has 0 spiro atoms. The van der Waals surface area contributed by atoms with Crippen LogP contribution in [0.15, 0.2) is 18.3 Å². The number of hydrogen-bond donors (Lipinski definition) is 0. The summed E-state index contributed by atoms with van der Waals surface area (Å²) in [5.74, 6) is 0. The molecule has 58 valence electrons. The molecule has 2 aromatic heterocycles. The van der Waals surface area contributed by atoms with Crippen molar-refractivity contribution in [2.45, 2.75) is 0 Å². The zero-order valence-corrected chi connectivity index (χ0v) is 7.71. The third-order valence-corrected chi connectivity index (χ3v) is 2.22. The molecule has 0 radical (unpaired) electrons. The number of pyridine rings is 1. The van der Waals surface area contributed by atoms with E-state index in [9.17, 15) is 0 Å². The lowest BCUT2D eigenvalue weighted by Crippen LogP contribution is -1.68. The van der Waals surface area contributed by atoms with E-state index < -0.39 is 0 Å². The first-order chi connectivity index (χ1) is 4.86. The summed E-state index contributed by atoms with van der Waals surface area (Å²) in [6.07, 6.45) is 1.73. The standard InChI is InChI=1S/C6H3ClN2S.ClH/c7-6-9-4-2-1-3-8-5(4)10-6;/h1-3H;1H. The van der Waals surface area contributed by atoms with Crippen LogP contribution in [0.1, 0.15) is 0 Å². The maximum Gasteiger partial charge on any atom is 0.186 e. The van der Waals surface area contributed by atoms with Gasteiger partial charge in [-0.2, -0.15) is 0 Å². The Hall–Kier alpha value is -0.380. The molecule has 0 bridgehead atoms. The molecule has 2 heterocycles. The maximum atomic E-state index is 5.65. The van der Waals surface area contributed by atoms with Gasteiger partial charge in [-0.1, -0.05) is 22.9 Å². The third-order valence-electron chi connectivity index (χ3n) is 1.14. The van der Waals surface area contributed by atoms with Gasteiger partial charge in [0.25, 0.3) is 0 Å². The Morgan fingerprint density at radius 1 is 1.45 bits per heavy atom. The molecule has 2 aromatic rings. The van der Waals surface area contributed by atoms with Gasteiger partial charge >= 0.3 is 0 Å². The molecule has 0 atom stereocenters. The Balaban J connectivity index is 0.000000605. The van der Waals surface area contributed by atoms with Crippen LogP contribution in [-0.2, 0) is 0 Å². The zero-order chi connectivity index (χ0) is 6.97. The Bertz CT molecular complexity index is 327. The summed E-state index contributed by atoms with van der Waals surface area (Å²) in [4.78, 5) is 9.00. The highest BCUT2D eigenvalue weighted by atomic mass is 35.5. The smallest absolute Gasteiger partial charge is 0.186 e. The zero-order valence-electron chi connectivity index (χ0n) is 5.32. The molecular formula is C6H4Cl2N2S. The molecule has 0 unspecified atom stereocenters. The predicted molar refractivity (Wildman–Crippen MR) is 49.7 cm³/mol. The molecule has 5 heteroatoms. The summed E-state index contributed by atoms with van der Waals surface area (Å²) in [7, 11) is 0. The van der Waals surface area contributed by atoms with E-state index in [0.29, 0.717) is 4.47 Å². The lowest BCUT2D eigenvalue weighted by atomic mass is 10.5. The molecule has 11 heavy (non-hydrogen) atoms.